The van der Waals surface area contributed by atoms with Crippen LogP contribution in [-0.2, 0) is 11.2 Å². The van der Waals surface area contributed by atoms with Gasteiger partial charge >= 0.3 is 5.97 Å². The molecule has 1 aliphatic heterocycles. The van der Waals surface area contributed by atoms with E-state index in [0.29, 0.717) is 12.2 Å². The Kier molecular flexibility index (Phi) is 3.37. The van der Waals surface area contributed by atoms with Crippen molar-refractivity contribution in [2.24, 2.45) is 0 Å². The van der Waals surface area contributed by atoms with E-state index < -0.39 is 0 Å². The average molecular weight is 282 g/mol. The number of hydrogen-bond acceptors (Lipinski definition) is 4. The van der Waals surface area contributed by atoms with E-state index in [0.717, 1.165) is 34.6 Å². The fourth-order valence-electron chi connectivity index (χ4n) is 2.62. The van der Waals surface area contributed by atoms with Crippen LogP contribution in [0, 0.1) is 6.92 Å². The van der Waals surface area contributed by atoms with Crippen LogP contribution in [0.15, 0.2) is 30.3 Å². The Morgan fingerprint density at radius 2 is 1.90 bits per heavy atom. The summed E-state index contributed by atoms with van der Waals surface area (Å²) in [7, 11) is 4.03. The van der Waals surface area contributed by atoms with Crippen LogP contribution < -0.4 is 4.90 Å². The number of nitrogens with zero attached hydrogens (tertiary/aromatic N) is 2. The lowest BCUT2D eigenvalue weighted by Crippen LogP contribution is -2.20. The number of ether oxygens (including phenoxy) is 1. The molecule has 0 spiro atoms. The molecular formula is C17H18N2O2. The molecule has 4 nitrogen and oxygen atoms in total. The molecular weight excluding hydrogens is 264 g/mol. The van der Waals surface area contributed by atoms with E-state index in [-0.39, 0.29) is 5.97 Å². The molecule has 0 fully saturated rings. The van der Waals surface area contributed by atoms with E-state index in [4.69, 9.17) is 4.74 Å². The minimum Gasteiger partial charge on any atom is -0.462 e. The highest BCUT2D eigenvalue weighted by Gasteiger charge is 2.22. The summed E-state index contributed by atoms with van der Waals surface area (Å²) in [5.41, 5.74) is 5.53. The number of rotatable bonds is 2. The number of pyridine rings is 1. The first-order chi connectivity index (χ1) is 10.1. The molecule has 0 saturated heterocycles. The number of benzene rings is 1. The van der Waals surface area contributed by atoms with Crippen molar-refractivity contribution in [1.29, 1.82) is 0 Å². The van der Waals surface area contributed by atoms with Crippen molar-refractivity contribution in [3.8, 4) is 11.3 Å². The van der Waals surface area contributed by atoms with Crippen molar-refractivity contribution in [1.82, 2.24) is 4.98 Å². The summed E-state index contributed by atoms with van der Waals surface area (Å²) in [6, 6.07) is 10.3. The zero-order valence-corrected chi connectivity index (χ0v) is 12.5. The van der Waals surface area contributed by atoms with Crippen LogP contribution in [0.5, 0.6) is 0 Å². The van der Waals surface area contributed by atoms with E-state index in [1.807, 2.05) is 27.1 Å². The maximum Gasteiger partial charge on any atom is 0.340 e. The number of fused-ring (bicyclic) bond motifs is 1. The molecule has 0 aliphatic carbocycles. The zero-order valence-electron chi connectivity index (χ0n) is 12.5. The molecule has 2 aromatic rings. The molecule has 2 heterocycles. The number of aryl methyl sites for hydroxylation is 1. The minimum absolute atomic E-state index is 0.254. The summed E-state index contributed by atoms with van der Waals surface area (Å²) in [5, 5.41) is 0. The minimum atomic E-state index is -0.254. The van der Waals surface area contributed by atoms with Gasteiger partial charge < -0.3 is 9.64 Å². The van der Waals surface area contributed by atoms with Gasteiger partial charge in [0, 0.05) is 31.8 Å². The zero-order chi connectivity index (χ0) is 15.0. The Bertz CT molecular complexity index is 691. The highest BCUT2D eigenvalue weighted by Crippen LogP contribution is 2.27. The smallest absolute Gasteiger partial charge is 0.340 e. The van der Waals surface area contributed by atoms with E-state index in [2.05, 4.69) is 34.1 Å². The summed E-state index contributed by atoms with van der Waals surface area (Å²) in [6.45, 7) is 2.32. The summed E-state index contributed by atoms with van der Waals surface area (Å²) in [6.07, 6.45) is 0.757. The molecule has 3 rings (SSSR count). The van der Waals surface area contributed by atoms with Crippen molar-refractivity contribution in [3.63, 3.8) is 0 Å². The third-order valence-electron chi connectivity index (χ3n) is 3.77. The average Bonchev–Trinajstić information content (AvgIpc) is 2.47. The van der Waals surface area contributed by atoms with Gasteiger partial charge in [-0.25, -0.2) is 4.79 Å². The van der Waals surface area contributed by atoms with Crippen molar-refractivity contribution in [2.75, 3.05) is 25.6 Å². The van der Waals surface area contributed by atoms with Gasteiger partial charge in [-0.15, -0.1) is 0 Å². The highest BCUT2D eigenvalue weighted by molar-refractivity contribution is 5.93. The second-order valence-electron chi connectivity index (χ2n) is 5.45. The Balaban J connectivity index is 2.03. The number of hydrogen-bond donors (Lipinski definition) is 0. The third-order valence-corrected chi connectivity index (χ3v) is 3.77. The first-order valence-corrected chi connectivity index (χ1v) is 7.01. The van der Waals surface area contributed by atoms with Gasteiger partial charge in [-0.05, 0) is 30.7 Å². The van der Waals surface area contributed by atoms with Crippen LogP contribution in [0.3, 0.4) is 0 Å². The number of cyclic esters (lactones) is 1. The Morgan fingerprint density at radius 3 is 2.57 bits per heavy atom. The molecule has 0 atom stereocenters. The Hall–Kier alpha value is -2.36. The standard InChI is InChI=1S/C17H18N2O2/c1-11-16-13(8-9-21-17(16)20)10-15(18-11)12-4-6-14(7-5-12)19(2)3/h4-7,10H,8-9H2,1-3H3. The quantitative estimate of drug-likeness (QED) is 0.794. The van der Waals surface area contributed by atoms with Crippen molar-refractivity contribution >= 4 is 11.7 Å². The molecule has 1 aromatic heterocycles. The van der Waals surface area contributed by atoms with Crippen LogP contribution in [0.25, 0.3) is 11.3 Å². The Morgan fingerprint density at radius 1 is 1.19 bits per heavy atom. The first kappa shape index (κ1) is 13.6. The molecule has 1 aromatic carbocycles. The van der Waals surface area contributed by atoms with Crippen molar-refractivity contribution in [3.05, 3.63) is 47.2 Å². The second-order valence-corrected chi connectivity index (χ2v) is 5.45. The number of esters is 1. The molecule has 0 bridgehead atoms. The van der Waals surface area contributed by atoms with Gasteiger partial charge in [-0.3, -0.25) is 4.98 Å². The molecule has 108 valence electrons. The van der Waals surface area contributed by atoms with Gasteiger partial charge in [-0.2, -0.15) is 0 Å². The molecule has 1 aliphatic rings. The number of carbonyl (C=O) groups is 1. The lowest BCUT2D eigenvalue weighted by Gasteiger charge is -2.18. The first-order valence-electron chi connectivity index (χ1n) is 7.01. The van der Waals surface area contributed by atoms with Gasteiger partial charge in [0.2, 0.25) is 0 Å². The van der Waals surface area contributed by atoms with Crippen LogP contribution in [0.4, 0.5) is 5.69 Å². The predicted molar refractivity (Wildman–Crippen MR) is 82.7 cm³/mol. The van der Waals surface area contributed by atoms with E-state index in [9.17, 15) is 4.79 Å². The molecule has 0 saturated carbocycles. The molecule has 21 heavy (non-hydrogen) atoms. The van der Waals surface area contributed by atoms with Gasteiger partial charge in [0.25, 0.3) is 0 Å². The highest BCUT2D eigenvalue weighted by atomic mass is 16.5. The Labute approximate surface area is 124 Å². The van der Waals surface area contributed by atoms with Crippen molar-refractivity contribution < 1.29 is 9.53 Å². The molecule has 0 amide bonds. The third kappa shape index (κ3) is 2.49. The monoisotopic (exact) mass is 282 g/mol. The topological polar surface area (TPSA) is 42.4 Å². The fourth-order valence-corrected chi connectivity index (χ4v) is 2.62. The van der Waals surface area contributed by atoms with Crippen LogP contribution in [-0.4, -0.2) is 31.7 Å². The molecule has 0 N–H and O–H groups in total. The van der Waals surface area contributed by atoms with E-state index in [1.54, 1.807) is 0 Å². The lowest BCUT2D eigenvalue weighted by atomic mass is 9.99. The van der Waals surface area contributed by atoms with E-state index in [1.165, 1.54) is 0 Å². The normalized spacial score (nSPS) is 13.6. The summed E-state index contributed by atoms with van der Waals surface area (Å²) in [4.78, 5) is 18.4. The van der Waals surface area contributed by atoms with Crippen LogP contribution in [0.2, 0.25) is 0 Å². The fraction of sp³-hybridized carbons (Fsp3) is 0.294. The van der Waals surface area contributed by atoms with E-state index >= 15 is 0 Å². The van der Waals surface area contributed by atoms with Crippen molar-refractivity contribution in [2.45, 2.75) is 13.3 Å². The summed E-state index contributed by atoms with van der Waals surface area (Å²) >= 11 is 0. The maximum absolute atomic E-state index is 11.8. The SMILES string of the molecule is Cc1nc(-c2ccc(N(C)C)cc2)cc2c1C(=O)OCC2. The molecule has 0 unspecified atom stereocenters. The maximum atomic E-state index is 11.8. The summed E-state index contributed by atoms with van der Waals surface area (Å²) in [5.74, 6) is -0.254. The van der Waals surface area contributed by atoms with Crippen LogP contribution >= 0.6 is 0 Å². The van der Waals surface area contributed by atoms with Gasteiger partial charge in [0.05, 0.1) is 23.6 Å². The second kappa shape index (κ2) is 5.20. The van der Waals surface area contributed by atoms with Gasteiger partial charge in [0.1, 0.15) is 0 Å². The van der Waals surface area contributed by atoms with Crippen LogP contribution in [0.1, 0.15) is 21.6 Å². The van der Waals surface area contributed by atoms with Gasteiger partial charge in [0.15, 0.2) is 0 Å². The molecule has 4 heteroatoms. The lowest BCUT2D eigenvalue weighted by molar-refractivity contribution is 0.0478. The van der Waals surface area contributed by atoms with Gasteiger partial charge in [-0.1, -0.05) is 12.1 Å². The predicted octanol–water partition coefficient (Wildman–Crippen LogP) is 2.84. The number of aromatic nitrogens is 1. The summed E-state index contributed by atoms with van der Waals surface area (Å²) < 4.78 is 5.09. The number of anilines is 1. The number of carbonyl (C=O) groups excluding carboxylic acids is 1. The molecule has 0 radical (unpaired) electrons. The largest absolute Gasteiger partial charge is 0.462 e.